The molecule has 1 aliphatic carbocycles. The molecule has 106 valence electrons. The van der Waals surface area contributed by atoms with Crippen LogP contribution in [-0.2, 0) is 14.3 Å². The Morgan fingerprint density at radius 1 is 1.20 bits per heavy atom. The van der Waals surface area contributed by atoms with Gasteiger partial charge in [0, 0.05) is 11.3 Å². The normalized spacial score (nSPS) is 14.3. The minimum Gasteiger partial charge on any atom is -0.468 e. The first-order chi connectivity index (χ1) is 9.72. The maximum absolute atomic E-state index is 12.6. The third-order valence-electron chi connectivity index (χ3n) is 3.39. The maximum Gasteiger partial charge on any atom is 0.325 e. The van der Waals surface area contributed by atoms with Crippen LogP contribution in [0.1, 0.15) is 25.7 Å². The minimum atomic E-state index is -0.418. The van der Waals surface area contributed by atoms with Crippen molar-refractivity contribution >= 4 is 17.6 Å². The van der Waals surface area contributed by atoms with Crippen molar-refractivity contribution in [3.8, 4) is 0 Å². The van der Waals surface area contributed by atoms with E-state index < -0.39 is 5.97 Å². The fourth-order valence-electron chi connectivity index (χ4n) is 2.29. The van der Waals surface area contributed by atoms with E-state index in [4.69, 9.17) is 0 Å². The summed E-state index contributed by atoms with van der Waals surface area (Å²) in [5.74, 6) is -0.514. The molecule has 0 saturated heterocycles. The molecular formula is C16H19NO3. The second-order valence-electron chi connectivity index (χ2n) is 4.78. The molecule has 0 radical (unpaired) electrons. The van der Waals surface area contributed by atoms with Crippen LogP contribution in [-0.4, -0.2) is 25.5 Å². The second-order valence-corrected chi connectivity index (χ2v) is 4.78. The lowest BCUT2D eigenvalue weighted by Gasteiger charge is -2.24. The first-order valence-corrected chi connectivity index (χ1v) is 6.85. The van der Waals surface area contributed by atoms with Gasteiger partial charge in [0.15, 0.2) is 0 Å². The molecule has 0 aromatic heterocycles. The number of rotatable bonds is 4. The number of allylic oxidation sites excluding steroid dienone is 1. The average Bonchev–Trinajstić information content (AvgIpc) is 2.53. The monoisotopic (exact) mass is 273 g/mol. The van der Waals surface area contributed by atoms with E-state index in [1.165, 1.54) is 12.0 Å². The van der Waals surface area contributed by atoms with Gasteiger partial charge in [-0.25, -0.2) is 0 Å². The summed E-state index contributed by atoms with van der Waals surface area (Å²) in [7, 11) is 1.33. The molecule has 1 amide bonds. The Labute approximate surface area is 119 Å². The number of carbonyl (C=O) groups excluding carboxylic acids is 2. The summed E-state index contributed by atoms with van der Waals surface area (Å²) >= 11 is 0. The van der Waals surface area contributed by atoms with E-state index in [1.54, 1.807) is 0 Å². The van der Waals surface area contributed by atoms with E-state index in [0.29, 0.717) is 0 Å². The predicted molar refractivity (Wildman–Crippen MR) is 77.4 cm³/mol. The zero-order valence-electron chi connectivity index (χ0n) is 11.7. The molecular weight excluding hydrogens is 254 g/mol. The number of nitrogens with zero attached hydrogens (tertiary/aromatic N) is 1. The van der Waals surface area contributed by atoms with Gasteiger partial charge in [0.2, 0.25) is 0 Å². The average molecular weight is 273 g/mol. The molecule has 4 nitrogen and oxygen atoms in total. The van der Waals surface area contributed by atoms with Crippen LogP contribution in [0.25, 0.3) is 0 Å². The number of hydrogen-bond acceptors (Lipinski definition) is 3. The summed E-state index contributed by atoms with van der Waals surface area (Å²) in [6, 6.07) is 9.23. The van der Waals surface area contributed by atoms with Gasteiger partial charge in [-0.3, -0.25) is 14.5 Å². The molecule has 0 unspecified atom stereocenters. The van der Waals surface area contributed by atoms with Crippen molar-refractivity contribution in [2.45, 2.75) is 25.7 Å². The van der Waals surface area contributed by atoms with Crippen molar-refractivity contribution < 1.29 is 14.3 Å². The van der Waals surface area contributed by atoms with Crippen LogP contribution in [0, 0.1) is 0 Å². The van der Waals surface area contributed by atoms with Gasteiger partial charge >= 0.3 is 5.97 Å². The Morgan fingerprint density at radius 2 is 1.95 bits per heavy atom. The Kier molecular flexibility index (Phi) is 4.93. The summed E-state index contributed by atoms with van der Waals surface area (Å²) in [6.45, 7) is -0.0588. The molecule has 20 heavy (non-hydrogen) atoms. The zero-order valence-corrected chi connectivity index (χ0v) is 11.7. The predicted octanol–water partition coefficient (Wildman–Crippen LogP) is 2.69. The van der Waals surface area contributed by atoms with Gasteiger partial charge < -0.3 is 4.74 Å². The first kappa shape index (κ1) is 14.3. The van der Waals surface area contributed by atoms with E-state index in [-0.39, 0.29) is 12.5 Å². The van der Waals surface area contributed by atoms with Crippen LogP contribution in [0.2, 0.25) is 0 Å². The molecule has 0 bridgehead atoms. The Bertz CT molecular complexity index is 508. The van der Waals surface area contributed by atoms with Crippen LogP contribution in [0.15, 0.2) is 42.0 Å². The van der Waals surface area contributed by atoms with Gasteiger partial charge in [0.05, 0.1) is 7.11 Å². The van der Waals surface area contributed by atoms with Crippen molar-refractivity contribution in [3.63, 3.8) is 0 Å². The van der Waals surface area contributed by atoms with Crippen molar-refractivity contribution in [2.75, 3.05) is 18.6 Å². The SMILES string of the molecule is COC(=O)CN(C(=O)C1=CCCCC1)c1ccccc1. The van der Waals surface area contributed by atoms with Crippen molar-refractivity contribution in [3.05, 3.63) is 42.0 Å². The number of methoxy groups -OCH3 is 1. The smallest absolute Gasteiger partial charge is 0.325 e. The van der Waals surface area contributed by atoms with E-state index in [0.717, 1.165) is 36.9 Å². The van der Waals surface area contributed by atoms with E-state index in [2.05, 4.69) is 4.74 Å². The molecule has 0 saturated carbocycles. The van der Waals surface area contributed by atoms with Gasteiger partial charge in [-0.15, -0.1) is 0 Å². The van der Waals surface area contributed by atoms with Gasteiger partial charge in [0.25, 0.3) is 5.91 Å². The lowest BCUT2D eigenvalue weighted by atomic mass is 9.98. The van der Waals surface area contributed by atoms with Crippen molar-refractivity contribution in [1.29, 1.82) is 0 Å². The van der Waals surface area contributed by atoms with Gasteiger partial charge in [-0.05, 0) is 37.8 Å². The number of ether oxygens (including phenoxy) is 1. The van der Waals surface area contributed by atoms with Crippen LogP contribution in [0.3, 0.4) is 0 Å². The number of amides is 1. The summed E-state index contributed by atoms with van der Waals surface area (Å²) in [5, 5.41) is 0. The lowest BCUT2D eigenvalue weighted by molar-refractivity contribution is -0.139. The fraction of sp³-hybridized carbons (Fsp3) is 0.375. The molecule has 0 atom stereocenters. The number of carbonyl (C=O) groups is 2. The standard InChI is InChI=1S/C16H19NO3/c1-20-15(18)12-17(14-10-6-3-7-11-14)16(19)13-8-4-2-5-9-13/h3,6-8,10-11H,2,4-5,9,12H2,1H3. The highest BCUT2D eigenvalue weighted by Crippen LogP contribution is 2.22. The second kappa shape index (κ2) is 6.89. The molecule has 0 N–H and O–H groups in total. The fourth-order valence-corrected chi connectivity index (χ4v) is 2.29. The molecule has 0 aliphatic heterocycles. The molecule has 0 fully saturated rings. The van der Waals surface area contributed by atoms with Gasteiger partial charge in [0.1, 0.15) is 6.54 Å². The van der Waals surface area contributed by atoms with E-state index in [1.807, 2.05) is 36.4 Å². The van der Waals surface area contributed by atoms with Crippen molar-refractivity contribution in [2.24, 2.45) is 0 Å². The first-order valence-electron chi connectivity index (χ1n) is 6.85. The molecule has 4 heteroatoms. The summed E-state index contributed by atoms with van der Waals surface area (Å²) in [5.41, 5.74) is 1.51. The summed E-state index contributed by atoms with van der Waals surface area (Å²) < 4.78 is 4.69. The highest BCUT2D eigenvalue weighted by molar-refractivity contribution is 6.07. The number of anilines is 1. The van der Waals surface area contributed by atoms with E-state index >= 15 is 0 Å². The maximum atomic E-state index is 12.6. The highest BCUT2D eigenvalue weighted by atomic mass is 16.5. The van der Waals surface area contributed by atoms with Gasteiger partial charge in [-0.2, -0.15) is 0 Å². The number of benzene rings is 1. The topological polar surface area (TPSA) is 46.6 Å². The molecule has 1 aliphatic rings. The van der Waals surface area contributed by atoms with Crippen LogP contribution in [0.5, 0.6) is 0 Å². The van der Waals surface area contributed by atoms with Crippen LogP contribution in [0.4, 0.5) is 5.69 Å². The summed E-state index contributed by atoms with van der Waals surface area (Å²) in [4.78, 5) is 25.6. The van der Waals surface area contributed by atoms with E-state index in [9.17, 15) is 9.59 Å². The molecule has 0 heterocycles. The Hall–Kier alpha value is -2.10. The lowest BCUT2D eigenvalue weighted by Crippen LogP contribution is -2.37. The van der Waals surface area contributed by atoms with Crippen LogP contribution < -0.4 is 4.90 Å². The largest absolute Gasteiger partial charge is 0.468 e. The molecule has 0 spiro atoms. The number of hydrogen-bond donors (Lipinski definition) is 0. The Balaban J connectivity index is 2.24. The van der Waals surface area contributed by atoms with Crippen LogP contribution >= 0.6 is 0 Å². The minimum absolute atomic E-state index is 0.0588. The zero-order chi connectivity index (χ0) is 14.4. The highest BCUT2D eigenvalue weighted by Gasteiger charge is 2.23. The quantitative estimate of drug-likeness (QED) is 0.792. The van der Waals surface area contributed by atoms with Gasteiger partial charge in [-0.1, -0.05) is 24.3 Å². The third kappa shape index (κ3) is 3.47. The number of para-hydroxylation sites is 1. The summed E-state index contributed by atoms with van der Waals surface area (Å²) in [6.07, 6.45) is 5.85. The Morgan fingerprint density at radius 3 is 2.55 bits per heavy atom. The third-order valence-corrected chi connectivity index (χ3v) is 3.39. The number of esters is 1. The molecule has 1 aromatic rings. The van der Waals surface area contributed by atoms with Crippen molar-refractivity contribution in [1.82, 2.24) is 0 Å². The molecule has 2 rings (SSSR count). The molecule has 1 aromatic carbocycles.